The largest absolute Gasteiger partial charge is 0.436 e. The van der Waals surface area contributed by atoms with Crippen molar-refractivity contribution in [3.05, 3.63) is 83.5 Å². The fourth-order valence-electron chi connectivity index (χ4n) is 3.28. The van der Waals surface area contributed by atoms with Gasteiger partial charge in [0.25, 0.3) is 5.88 Å². The van der Waals surface area contributed by atoms with Gasteiger partial charge in [-0.15, -0.1) is 0 Å². The van der Waals surface area contributed by atoms with Crippen LogP contribution in [0.2, 0.25) is 5.02 Å². The van der Waals surface area contributed by atoms with E-state index in [1.807, 2.05) is 31.2 Å². The number of nitrogen functional groups attached to an aromatic ring is 1. The molecule has 0 aliphatic heterocycles. The van der Waals surface area contributed by atoms with Crippen LogP contribution in [0.4, 0.5) is 10.2 Å². The van der Waals surface area contributed by atoms with E-state index in [1.165, 1.54) is 24.3 Å². The van der Waals surface area contributed by atoms with Crippen molar-refractivity contribution in [1.82, 2.24) is 24.7 Å². The van der Waals surface area contributed by atoms with E-state index in [0.29, 0.717) is 33.4 Å². The molecule has 0 unspecified atom stereocenters. The van der Waals surface area contributed by atoms with Crippen LogP contribution in [0.25, 0.3) is 28.0 Å². The molecular formula is C23H16ClFN6O. The van der Waals surface area contributed by atoms with Crippen LogP contribution in [0.15, 0.2) is 67.0 Å². The monoisotopic (exact) mass is 446 g/mol. The highest BCUT2D eigenvalue weighted by atomic mass is 35.5. The van der Waals surface area contributed by atoms with Gasteiger partial charge in [0.15, 0.2) is 11.6 Å². The molecule has 0 amide bonds. The van der Waals surface area contributed by atoms with Gasteiger partial charge in [0.1, 0.15) is 17.3 Å². The van der Waals surface area contributed by atoms with Crippen LogP contribution in [0.5, 0.6) is 11.6 Å². The zero-order chi connectivity index (χ0) is 22.2. The van der Waals surface area contributed by atoms with Gasteiger partial charge in [-0.05, 0) is 55.5 Å². The molecule has 5 rings (SSSR count). The van der Waals surface area contributed by atoms with Crippen molar-refractivity contribution < 1.29 is 9.13 Å². The van der Waals surface area contributed by atoms with Gasteiger partial charge in [0.05, 0.1) is 16.2 Å². The molecule has 0 fully saturated rings. The third kappa shape index (κ3) is 3.72. The highest BCUT2D eigenvalue weighted by molar-refractivity contribution is 6.35. The molecule has 2 aromatic carbocycles. The molecule has 5 aromatic rings. The molecule has 32 heavy (non-hydrogen) atoms. The predicted octanol–water partition coefficient (Wildman–Crippen LogP) is 5.35. The Hall–Kier alpha value is -4.04. The molecule has 3 heterocycles. The minimum absolute atomic E-state index is 0.0646. The summed E-state index contributed by atoms with van der Waals surface area (Å²) in [6, 6.07) is 14.8. The number of nitrogens with two attached hydrogens (primary N) is 1. The van der Waals surface area contributed by atoms with Gasteiger partial charge >= 0.3 is 0 Å². The molecule has 0 saturated carbocycles. The maximum absolute atomic E-state index is 13.3. The summed E-state index contributed by atoms with van der Waals surface area (Å²) in [4.78, 5) is 13.5. The number of halogens is 2. The molecule has 0 spiro atoms. The standard InChI is InChI=1S/C23H16ClFN6O/c1-13-8-10-31(30-13)22-20(15-11-14-3-2-9-27-19(14)18(24)12-15)28-23(21(26)29-22)32-17-6-4-16(25)5-7-17/h2-12H,1H3,(H2,26,29). The van der Waals surface area contributed by atoms with Crippen molar-refractivity contribution in [2.45, 2.75) is 6.92 Å². The summed E-state index contributed by atoms with van der Waals surface area (Å²) in [6.45, 7) is 1.87. The maximum atomic E-state index is 13.3. The number of hydrogen-bond acceptors (Lipinski definition) is 6. The molecule has 158 valence electrons. The van der Waals surface area contributed by atoms with Crippen LogP contribution in [0.3, 0.4) is 0 Å². The topological polar surface area (TPSA) is 91.7 Å². The number of hydrogen-bond donors (Lipinski definition) is 1. The maximum Gasteiger partial charge on any atom is 0.263 e. The van der Waals surface area contributed by atoms with Crippen LogP contribution in [0.1, 0.15) is 5.69 Å². The van der Waals surface area contributed by atoms with E-state index < -0.39 is 0 Å². The number of anilines is 1. The van der Waals surface area contributed by atoms with E-state index in [4.69, 9.17) is 22.1 Å². The van der Waals surface area contributed by atoms with E-state index in [-0.39, 0.29) is 17.5 Å². The van der Waals surface area contributed by atoms with Gasteiger partial charge in [0, 0.05) is 23.3 Å². The number of aromatic nitrogens is 5. The first kappa shape index (κ1) is 19.9. The SMILES string of the molecule is Cc1ccn(-c2nc(N)c(Oc3ccc(F)cc3)nc2-c2cc(Cl)c3ncccc3c2)n1. The van der Waals surface area contributed by atoms with Crippen molar-refractivity contribution in [2.24, 2.45) is 0 Å². The first-order valence-corrected chi connectivity index (χ1v) is 10.0. The lowest BCUT2D eigenvalue weighted by atomic mass is 10.1. The van der Waals surface area contributed by atoms with Gasteiger partial charge < -0.3 is 10.5 Å². The average Bonchev–Trinajstić information content (AvgIpc) is 3.22. The van der Waals surface area contributed by atoms with E-state index in [9.17, 15) is 4.39 Å². The Labute approximate surface area is 187 Å². The molecule has 3 aromatic heterocycles. The second-order valence-electron chi connectivity index (χ2n) is 7.08. The quantitative estimate of drug-likeness (QED) is 0.400. The van der Waals surface area contributed by atoms with Crippen LogP contribution in [-0.4, -0.2) is 24.7 Å². The van der Waals surface area contributed by atoms with Crippen molar-refractivity contribution >= 4 is 28.3 Å². The molecule has 0 atom stereocenters. The second kappa shape index (κ2) is 7.90. The lowest BCUT2D eigenvalue weighted by Gasteiger charge is -2.14. The summed E-state index contributed by atoms with van der Waals surface area (Å²) in [6.07, 6.45) is 3.45. The Balaban J connectivity index is 1.70. The lowest BCUT2D eigenvalue weighted by molar-refractivity contribution is 0.462. The number of benzene rings is 2. The fourth-order valence-corrected chi connectivity index (χ4v) is 3.56. The first-order chi connectivity index (χ1) is 15.5. The zero-order valence-corrected chi connectivity index (χ0v) is 17.6. The van der Waals surface area contributed by atoms with E-state index >= 15 is 0 Å². The molecule has 0 bridgehead atoms. The first-order valence-electron chi connectivity index (χ1n) is 9.66. The zero-order valence-electron chi connectivity index (χ0n) is 16.8. The van der Waals surface area contributed by atoms with Gasteiger partial charge in [-0.1, -0.05) is 17.7 Å². The number of ether oxygens (including phenoxy) is 1. The number of fused-ring (bicyclic) bond motifs is 1. The highest BCUT2D eigenvalue weighted by Gasteiger charge is 2.19. The third-order valence-electron chi connectivity index (χ3n) is 4.77. The molecule has 0 saturated heterocycles. The Kier molecular flexibility index (Phi) is 4.91. The molecule has 9 heteroatoms. The summed E-state index contributed by atoms with van der Waals surface area (Å²) in [5.41, 5.74) is 8.81. The van der Waals surface area contributed by atoms with Crippen LogP contribution >= 0.6 is 11.6 Å². The molecule has 7 nitrogen and oxygen atoms in total. The van der Waals surface area contributed by atoms with Crippen molar-refractivity contribution in [3.8, 4) is 28.7 Å². The smallest absolute Gasteiger partial charge is 0.263 e. The van der Waals surface area contributed by atoms with Gasteiger partial charge in [-0.2, -0.15) is 5.10 Å². The van der Waals surface area contributed by atoms with Crippen molar-refractivity contribution in [1.29, 1.82) is 0 Å². The summed E-state index contributed by atoms with van der Waals surface area (Å²) in [7, 11) is 0. The number of rotatable bonds is 4. The number of nitrogens with zero attached hydrogens (tertiary/aromatic N) is 5. The molecule has 0 radical (unpaired) electrons. The minimum atomic E-state index is -0.374. The second-order valence-corrected chi connectivity index (χ2v) is 7.48. The Morgan fingerprint density at radius 2 is 1.88 bits per heavy atom. The van der Waals surface area contributed by atoms with E-state index in [2.05, 4.69) is 20.1 Å². The Bertz CT molecular complexity index is 1450. The highest BCUT2D eigenvalue weighted by Crippen LogP contribution is 2.35. The molecule has 2 N–H and O–H groups in total. The molecular weight excluding hydrogens is 431 g/mol. The van der Waals surface area contributed by atoms with Crippen LogP contribution < -0.4 is 10.5 Å². The Morgan fingerprint density at radius 3 is 2.62 bits per heavy atom. The Morgan fingerprint density at radius 1 is 1.06 bits per heavy atom. The molecule has 0 aliphatic carbocycles. The minimum Gasteiger partial charge on any atom is -0.436 e. The van der Waals surface area contributed by atoms with Gasteiger partial charge in [0.2, 0.25) is 0 Å². The van der Waals surface area contributed by atoms with Crippen LogP contribution in [0, 0.1) is 12.7 Å². The summed E-state index contributed by atoms with van der Waals surface area (Å²) in [5, 5.41) is 5.76. The van der Waals surface area contributed by atoms with E-state index in [1.54, 1.807) is 23.1 Å². The van der Waals surface area contributed by atoms with Gasteiger partial charge in [-0.25, -0.2) is 19.0 Å². The number of aryl methyl sites for hydroxylation is 1. The average molecular weight is 447 g/mol. The normalized spacial score (nSPS) is 11.1. The summed E-state index contributed by atoms with van der Waals surface area (Å²) in [5.74, 6) is 0.570. The lowest BCUT2D eigenvalue weighted by Crippen LogP contribution is -2.08. The van der Waals surface area contributed by atoms with E-state index in [0.717, 1.165) is 11.1 Å². The van der Waals surface area contributed by atoms with Crippen molar-refractivity contribution in [2.75, 3.05) is 5.73 Å². The van der Waals surface area contributed by atoms with Crippen LogP contribution in [-0.2, 0) is 0 Å². The third-order valence-corrected chi connectivity index (χ3v) is 5.06. The summed E-state index contributed by atoms with van der Waals surface area (Å²) >= 11 is 6.51. The molecule has 0 aliphatic rings. The summed E-state index contributed by atoms with van der Waals surface area (Å²) < 4.78 is 20.7. The van der Waals surface area contributed by atoms with Gasteiger partial charge in [-0.3, -0.25) is 4.98 Å². The number of pyridine rings is 1. The van der Waals surface area contributed by atoms with Crippen molar-refractivity contribution in [3.63, 3.8) is 0 Å². The fraction of sp³-hybridized carbons (Fsp3) is 0.0435. The predicted molar refractivity (Wildman–Crippen MR) is 121 cm³/mol.